The van der Waals surface area contributed by atoms with Crippen molar-refractivity contribution < 1.29 is 0 Å². The van der Waals surface area contributed by atoms with Crippen LogP contribution in [-0.2, 0) is 6.54 Å². The van der Waals surface area contributed by atoms with E-state index in [1.807, 2.05) is 0 Å². The zero-order valence-corrected chi connectivity index (χ0v) is 13.2. The van der Waals surface area contributed by atoms with Crippen LogP contribution >= 0.6 is 11.6 Å². The Morgan fingerprint density at radius 2 is 2.05 bits per heavy atom. The number of alkyl halides is 1. The lowest BCUT2D eigenvalue weighted by Crippen LogP contribution is -2.39. The number of nitrogens with zero attached hydrogens (tertiary/aromatic N) is 3. The molecule has 2 unspecified atom stereocenters. The molecule has 2 fully saturated rings. The minimum atomic E-state index is 0.296. The quantitative estimate of drug-likeness (QED) is 0.790. The molecular formula is C16H26ClN3. The van der Waals surface area contributed by atoms with Crippen molar-refractivity contribution in [2.24, 2.45) is 5.92 Å². The molecule has 0 bridgehead atoms. The molecular weight excluding hydrogens is 270 g/mol. The first kappa shape index (κ1) is 14.4. The second kappa shape index (κ2) is 6.48. The van der Waals surface area contributed by atoms with Gasteiger partial charge in [-0.15, -0.1) is 11.6 Å². The lowest BCUT2D eigenvalue weighted by Gasteiger charge is -2.33. The second-order valence-electron chi connectivity index (χ2n) is 6.60. The van der Waals surface area contributed by atoms with E-state index in [1.54, 1.807) is 0 Å². The topological polar surface area (TPSA) is 21.1 Å². The van der Waals surface area contributed by atoms with Crippen LogP contribution in [0.1, 0.15) is 57.2 Å². The van der Waals surface area contributed by atoms with Crippen LogP contribution in [0.5, 0.6) is 0 Å². The molecule has 2 atom stereocenters. The van der Waals surface area contributed by atoms with Gasteiger partial charge in [0.25, 0.3) is 0 Å². The number of likely N-dealkylation sites (tertiary alicyclic amines) is 1. The van der Waals surface area contributed by atoms with Crippen LogP contribution in [0, 0.1) is 5.92 Å². The Hall–Kier alpha value is -0.540. The minimum absolute atomic E-state index is 0.296. The summed E-state index contributed by atoms with van der Waals surface area (Å²) in [6.45, 7) is 5.36. The van der Waals surface area contributed by atoms with Gasteiger partial charge in [-0.25, -0.2) is 0 Å². The van der Waals surface area contributed by atoms with Crippen LogP contribution in [0.4, 0.5) is 0 Å². The maximum Gasteiger partial charge on any atom is 0.0764 e. The van der Waals surface area contributed by atoms with Crippen molar-refractivity contribution in [3.8, 4) is 0 Å². The molecule has 1 aliphatic carbocycles. The zero-order chi connectivity index (χ0) is 13.9. The van der Waals surface area contributed by atoms with Crippen LogP contribution in [-0.4, -0.2) is 33.1 Å². The highest BCUT2D eigenvalue weighted by Gasteiger charge is 2.25. The first-order chi connectivity index (χ1) is 9.72. The fourth-order valence-corrected chi connectivity index (χ4v) is 3.79. The van der Waals surface area contributed by atoms with Gasteiger partial charge in [-0.2, -0.15) is 5.10 Å². The first-order valence-corrected chi connectivity index (χ1v) is 8.56. The molecule has 2 heterocycles. The van der Waals surface area contributed by atoms with Crippen molar-refractivity contribution in [3.05, 3.63) is 18.0 Å². The Kier molecular flexibility index (Phi) is 4.67. The largest absolute Gasteiger partial charge is 0.296 e. The van der Waals surface area contributed by atoms with Gasteiger partial charge in [0.1, 0.15) is 0 Å². The summed E-state index contributed by atoms with van der Waals surface area (Å²) in [5, 5.41) is 5.10. The lowest BCUT2D eigenvalue weighted by molar-refractivity contribution is 0.186. The van der Waals surface area contributed by atoms with E-state index in [0.29, 0.717) is 17.3 Å². The molecule has 0 aromatic carbocycles. The third kappa shape index (κ3) is 3.37. The van der Waals surface area contributed by atoms with Gasteiger partial charge in [0.05, 0.1) is 11.7 Å². The molecule has 0 amide bonds. The summed E-state index contributed by atoms with van der Waals surface area (Å²) in [7, 11) is 0. The van der Waals surface area contributed by atoms with Gasteiger partial charge in [-0.3, -0.25) is 9.58 Å². The van der Waals surface area contributed by atoms with Crippen molar-refractivity contribution in [1.29, 1.82) is 0 Å². The Balaban J connectivity index is 1.57. The lowest BCUT2D eigenvalue weighted by atomic mass is 9.96. The van der Waals surface area contributed by atoms with E-state index in [1.165, 1.54) is 44.2 Å². The summed E-state index contributed by atoms with van der Waals surface area (Å²) < 4.78 is 2.21. The molecule has 0 N–H and O–H groups in total. The highest BCUT2D eigenvalue weighted by molar-refractivity contribution is 6.21. The standard InChI is InChI=1S/C16H26ClN3/c1-13-7-9-19(12-16(13)17)11-14-8-10-20(18-14)15-5-3-2-4-6-15/h8,10,13,15-16H,2-7,9,11-12H2,1H3. The third-order valence-corrected chi connectivity index (χ3v) is 5.52. The van der Waals surface area contributed by atoms with Crippen LogP contribution in [0.2, 0.25) is 0 Å². The van der Waals surface area contributed by atoms with Crippen molar-refractivity contribution >= 4 is 11.6 Å². The van der Waals surface area contributed by atoms with Crippen LogP contribution in [0.15, 0.2) is 12.3 Å². The molecule has 3 nitrogen and oxygen atoms in total. The first-order valence-electron chi connectivity index (χ1n) is 8.13. The van der Waals surface area contributed by atoms with Gasteiger partial charge in [0, 0.05) is 24.7 Å². The zero-order valence-electron chi connectivity index (χ0n) is 12.5. The Morgan fingerprint density at radius 1 is 1.25 bits per heavy atom. The van der Waals surface area contributed by atoms with E-state index >= 15 is 0 Å². The van der Waals surface area contributed by atoms with Gasteiger partial charge < -0.3 is 0 Å². The van der Waals surface area contributed by atoms with Crippen LogP contribution < -0.4 is 0 Å². The minimum Gasteiger partial charge on any atom is -0.296 e. The number of piperidine rings is 1. The Morgan fingerprint density at radius 3 is 2.80 bits per heavy atom. The summed E-state index contributed by atoms with van der Waals surface area (Å²) in [4.78, 5) is 2.45. The van der Waals surface area contributed by atoms with Gasteiger partial charge in [-0.05, 0) is 37.8 Å². The molecule has 1 aromatic heterocycles. The van der Waals surface area contributed by atoms with E-state index < -0.39 is 0 Å². The molecule has 20 heavy (non-hydrogen) atoms. The molecule has 1 aromatic rings. The van der Waals surface area contributed by atoms with Gasteiger partial charge in [0.2, 0.25) is 0 Å². The van der Waals surface area contributed by atoms with E-state index in [0.717, 1.165) is 19.6 Å². The molecule has 0 spiro atoms. The van der Waals surface area contributed by atoms with Gasteiger partial charge in [0.15, 0.2) is 0 Å². The van der Waals surface area contributed by atoms with Crippen LogP contribution in [0.3, 0.4) is 0 Å². The number of aromatic nitrogens is 2. The normalized spacial score (nSPS) is 29.7. The number of hydrogen-bond acceptors (Lipinski definition) is 2. The van der Waals surface area contributed by atoms with Crippen LogP contribution in [0.25, 0.3) is 0 Å². The Bertz CT molecular complexity index is 425. The van der Waals surface area contributed by atoms with Crippen molar-refractivity contribution in [1.82, 2.24) is 14.7 Å². The molecule has 0 radical (unpaired) electrons. The maximum atomic E-state index is 6.39. The fraction of sp³-hybridized carbons (Fsp3) is 0.812. The monoisotopic (exact) mass is 295 g/mol. The Labute approximate surface area is 127 Å². The van der Waals surface area contributed by atoms with E-state index in [2.05, 4.69) is 28.8 Å². The smallest absolute Gasteiger partial charge is 0.0764 e. The van der Waals surface area contributed by atoms with Gasteiger partial charge in [-0.1, -0.05) is 26.2 Å². The van der Waals surface area contributed by atoms with Gasteiger partial charge >= 0.3 is 0 Å². The third-order valence-electron chi connectivity index (χ3n) is 4.95. The average Bonchev–Trinajstić information content (AvgIpc) is 2.92. The summed E-state index contributed by atoms with van der Waals surface area (Å²) in [5.41, 5.74) is 1.20. The average molecular weight is 296 g/mol. The number of hydrogen-bond donors (Lipinski definition) is 0. The number of halogens is 1. The molecule has 1 aliphatic heterocycles. The molecule has 3 rings (SSSR count). The molecule has 112 valence electrons. The summed E-state index contributed by atoms with van der Waals surface area (Å²) in [5.74, 6) is 0.646. The van der Waals surface area contributed by atoms with Crippen molar-refractivity contribution in [3.63, 3.8) is 0 Å². The summed E-state index contributed by atoms with van der Waals surface area (Å²) >= 11 is 6.39. The summed E-state index contributed by atoms with van der Waals surface area (Å²) in [6.07, 6.45) is 10.1. The predicted molar refractivity (Wildman–Crippen MR) is 83.0 cm³/mol. The highest BCUT2D eigenvalue weighted by Crippen LogP contribution is 2.28. The van der Waals surface area contributed by atoms with E-state index in [4.69, 9.17) is 16.7 Å². The fourth-order valence-electron chi connectivity index (χ4n) is 3.47. The molecule has 4 heteroatoms. The number of rotatable bonds is 3. The second-order valence-corrected chi connectivity index (χ2v) is 7.16. The van der Waals surface area contributed by atoms with Crippen molar-refractivity contribution in [2.75, 3.05) is 13.1 Å². The molecule has 2 aliphatic rings. The SMILES string of the molecule is CC1CCN(Cc2ccn(C3CCCCC3)n2)CC1Cl. The molecule has 1 saturated heterocycles. The maximum absolute atomic E-state index is 6.39. The molecule has 1 saturated carbocycles. The van der Waals surface area contributed by atoms with Crippen molar-refractivity contribution in [2.45, 2.75) is 63.4 Å². The predicted octanol–water partition coefficient (Wildman–Crippen LogP) is 3.84. The van der Waals surface area contributed by atoms with E-state index in [-0.39, 0.29) is 0 Å². The van der Waals surface area contributed by atoms with E-state index in [9.17, 15) is 0 Å². The summed E-state index contributed by atoms with van der Waals surface area (Å²) in [6, 6.07) is 2.83. The highest BCUT2D eigenvalue weighted by atomic mass is 35.5.